The molecule has 0 heterocycles. The van der Waals surface area contributed by atoms with Crippen LogP contribution >= 0.6 is 11.6 Å². The molecular weight excluding hydrogens is 366 g/mol. The summed E-state index contributed by atoms with van der Waals surface area (Å²) in [6.45, 7) is 3.64. The number of allylic oxidation sites excluding steroid dienone is 1. The lowest BCUT2D eigenvalue weighted by Crippen LogP contribution is -2.20. The number of anilines is 1. The van der Waals surface area contributed by atoms with Gasteiger partial charge in [0.2, 0.25) is 11.8 Å². The summed E-state index contributed by atoms with van der Waals surface area (Å²) in [5.74, 6) is -0.594. The number of carbonyl (C=O) groups is 2. The number of hydrazone groups is 1. The number of rotatable bonds is 8. The molecule has 0 radical (unpaired) electrons. The largest absolute Gasteiger partial charge is 0.507 e. The molecule has 0 aliphatic rings. The van der Waals surface area contributed by atoms with Gasteiger partial charge in [0.25, 0.3) is 0 Å². The standard InChI is InChI=1S/C20H20ClN3O3/c1-2-4-14-5-3-6-15(20(14)27)13-22-24-19(26)12-11-18(25)23-17-9-7-16(21)8-10-17/h2-3,5-10,13,27H,1,4,11-12H2,(H,23,25)(H,24,26)/b22-13-. The van der Waals surface area contributed by atoms with Crippen LogP contribution in [0.3, 0.4) is 0 Å². The average Bonchev–Trinajstić information content (AvgIpc) is 2.65. The number of hydrogen-bond acceptors (Lipinski definition) is 4. The highest BCUT2D eigenvalue weighted by molar-refractivity contribution is 6.30. The van der Waals surface area contributed by atoms with Crippen LogP contribution in [0.2, 0.25) is 5.02 Å². The van der Waals surface area contributed by atoms with Gasteiger partial charge in [0, 0.05) is 29.1 Å². The number of phenols is 1. The number of hydrogen-bond donors (Lipinski definition) is 3. The molecule has 2 aromatic carbocycles. The highest BCUT2D eigenvalue weighted by atomic mass is 35.5. The van der Waals surface area contributed by atoms with Gasteiger partial charge in [-0.05, 0) is 42.3 Å². The van der Waals surface area contributed by atoms with Crippen molar-refractivity contribution in [3.63, 3.8) is 0 Å². The molecule has 0 bridgehead atoms. The second-order valence-electron chi connectivity index (χ2n) is 5.70. The van der Waals surface area contributed by atoms with Gasteiger partial charge in [-0.2, -0.15) is 5.10 Å². The Balaban J connectivity index is 1.79. The first kappa shape index (κ1) is 20.2. The first-order valence-electron chi connectivity index (χ1n) is 8.28. The van der Waals surface area contributed by atoms with Crippen molar-refractivity contribution in [2.24, 2.45) is 5.10 Å². The smallest absolute Gasteiger partial charge is 0.240 e. The van der Waals surface area contributed by atoms with Gasteiger partial charge in [0.15, 0.2) is 0 Å². The first-order chi connectivity index (χ1) is 13.0. The maximum Gasteiger partial charge on any atom is 0.240 e. The Bertz CT molecular complexity index is 848. The van der Waals surface area contributed by atoms with E-state index in [1.807, 2.05) is 0 Å². The van der Waals surface area contributed by atoms with E-state index >= 15 is 0 Å². The van der Waals surface area contributed by atoms with E-state index in [1.165, 1.54) is 6.21 Å². The van der Waals surface area contributed by atoms with E-state index in [0.717, 1.165) is 5.56 Å². The van der Waals surface area contributed by atoms with Crippen LogP contribution < -0.4 is 10.7 Å². The van der Waals surface area contributed by atoms with Crippen LogP contribution in [0, 0.1) is 0 Å². The second kappa shape index (κ2) is 10.1. The van der Waals surface area contributed by atoms with Crippen molar-refractivity contribution >= 4 is 35.3 Å². The predicted molar refractivity (Wildman–Crippen MR) is 107 cm³/mol. The zero-order chi connectivity index (χ0) is 19.6. The van der Waals surface area contributed by atoms with Crippen molar-refractivity contribution in [1.29, 1.82) is 0 Å². The fourth-order valence-corrected chi connectivity index (χ4v) is 2.38. The Labute approximate surface area is 162 Å². The number of nitrogens with zero attached hydrogens (tertiary/aromatic N) is 1. The average molecular weight is 386 g/mol. The van der Waals surface area contributed by atoms with Crippen LogP contribution in [-0.2, 0) is 16.0 Å². The van der Waals surface area contributed by atoms with Crippen molar-refractivity contribution in [2.45, 2.75) is 19.3 Å². The Morgan fingerprint density at radius 1 is 1.11 bits per heavy atom. The zero-order valence-electron chi connectivity index (χ0n) is 14.6. The van der Waals surface area contributed by atoms with Gasteiger partial charge in [0.1, 0.15) is 5.75 Å². The van der Waals surface area contributed by atoms with Crippen molar-refractivity contribution in [2.75, 3.05) is 5.32 Å². The van der Waals surface area contributed by atoms with E-state index in [9.17, 15) is 14.7 Å². The molecule has 3 N–H and O–H groups in total. The number of amides is 2. The summed E-state index contributed by atoms with van der Waals surface area (Å²) < 4.78 is 0. The van der Waals surface area contributed by atoms with E-state index in [-0.39, 0.29) is 24.5 Å². The Morgan fingerprint density at radius 2 is 1.81 bits per heavy atom. The lowest BCUT2D eigenvalue weighted by Gasteiger charge is -2.05. The molecule has 0 saturated carbocycles. The Morgan fingerprint density at radius 3 is 2.52 bits per heavy atom. The number of benzene rings is 2. The van der Waals surface area contributed by atoms with Crippen LogP contribution in [0.5, 0.6) is 5.75 Å². The minimum Gasteiger partial charge on any atom is -0.507 e. The molecule has 2 aromatic rings. The quantitative estimate of drug-likeness (QED) is 0.368. The number of phenolic OH excluding ortho intramolecular Hbond substituents is 1. The summed E-state index contributed by atoms with van der Waals surface area (Å²) in [5.41, 5.74) is 4.15. The van der Waals surface area contributed by atoms with Gasteiger partial charge in [0.05, 0.1) is 6.21 Å². The molecule has 0 aliphatic carbocycles. The van der Waals surface area contributed by atoms with Gasteiger partial charge in [-0.3, -0.25) is 9.59 Å². The molecule has 2 amide bonds. The summed E-state index contributed by atoms with van der Waals surface area (Å²) in [6.07, 6.45) is 3.58. The molecule has 140 valence electrons. The third kappa shape index (κ3) is 6.60. The van der Waals surface area contributed by atoms with Crippen molar-refractivity contribution < 1.29 is 14.7 Å². The minimum atomic E-state index is -0.403. The maximum atomic E-state index is 11.8. The third-order valence-corrected chi connectivity index (χ3v) is 3.87. The van der Waals surface area contributed by atoms with Crippen LogP contribution in [0.1, 0.15) is 24.0 Å². The fraction of sp³-hybridized carbons (Fsp3) is 0.150. The van der Waals surface area contributed by atoms with Crippen LogP contribution in [-0.4, -0.2) is 23.1 Å². The Kier molecular flexibility index (Phi) is 7.58. The maximum absolute atomic E-state index is 11.8. The van der Waals surface area contributed by atoms with Crippen LogP contribution in [0.4, 0.5) is 5.69 Å². The summed E-state index contributed by atoms with van der Waals surface area (Å²) in [7, 11) is 0. The molecule has 0 fully saturated rings. The van der Waals surface area contributed by atoms with E-state index < -0.39 is 5.91 Å². The molecule has 2 rings (SSSR count). The van der Waals surface area contributed by atoms with E-state index in [2.05, 4.69) is 22.4 Å². The topological polar surface area (TPSA) is 90.8 Å². The molecule has 0 spiro atoms. The van der Waals surface area contributed by atoms with Crippen molar-refractivity contribution in [3.8, 4) is 5.75 Å². The summed E-state index contributed by atoms with van der Waals surface area (Å²) in [5, 5.41) is 17.2. The van der Waals surface area contributed by atoms with Gasteiger partial charge >= 0.3 is 0 Å². The predicted octanol–water partition coefficient (Wildman–Crippen LogP) is 3.64. The third-order valence-electron chi connectivity index (χ3n) is 3.62. The van der Waals surface area contributed by atoms with Crippen LogP contribution in [0.15, 0.2) is 60.2 Å². The monoisotopic (exact) mass is 385 g/mol. The molecule has 6 nitrogen and oxygen atoms in total. The van der Waals surface area contributed by atoms with Gasteiger partial charge in [-0.1, -0.05) is 29.8 Å². The molecule has 0 atom stereocenters. The van der Waals surface area contributed by atoms with E-state index in [0.29, 0.717) is 22.7 Å². The zero-order valence-corrected chi connectivity index (χ0v) is 15.4. The molecule has 0 unspecified atom stereocenters. The van der Waals surface area contributed by atoms with Gasteiger partial charge in [-0.15, -0.1) is 6.58 Å². The minimum absolute atomic E-state index is 0.0146. The fourth-order valence-electron chi connectivity index (χ4n) is 2.25. The summed E-state index contributed by atoms with van der Waals surface area (Å²) in [6, 6.07) is 11.9. The highest BCUT2D eigenvalue weighted by Gasteiger charge is 2.07. The number of nitrogens with one attached hydrogen (secondary N) is 2. The molecule has 0 aliphatic heterocycles. The Hall–Kier alpha value is -3.12. The van der Waals surface area contributed by atoms with Crippen molar-refractivity contribution in [1.82, 2.24) is 5.43 Å². The molecule has 27 heavy (non-hydrogen) atoms. The van der Waals surface area contributed by atoms with E-state index in [4.69, 9.17) is 11.6 Å². The molecule has 0 aromatic heterocycles. The summed E-state index contributed by atoms with van der Waals surface area (Å²) >= 11 is 5.78. The lowest BCUT2D eigenvalue weighted by molar-refractivity contribution is -0.124. The second-order valence-corrected chi connectivity index (χ2v) is 6.13. The molecule has 7 heteroatoms. The summed E-state index contributed by atoms with van der Waals surface area (Å²) in [4.78, 5) is 23.6. The van der Waals surface area contributed by atoms with Crippen LogP contribution in [0.25, 0.3) is 0 Å². The number of para-hydroxylation sites is 1. The van der Waals surface area contributed by atoms with Gasteiger partial charge in [-0.25, -0.2) is 5.43 Å². The normalized spacial score (nSPS) is 10.6. The molecule has 0 saturated heterocycles. The SMILES string of the molecule is C=CCc1cccc(/C=N\NC(=O)CCC(=O)Nc2ccc(Cl)cc2)c1O. The van der Waals surface area contributed by atoms with E-state index in [1.54, 1.807) is 48.5 Å². The number of carbonyl (C=O) groups excluding carboxylic acids is 2. The van der Waals surface area contributed by atoms with Crippen molar-refractivity contribution in [3.05, 3.63) is 71.3 Å². The molecular formula is C20H20ClN3O3. The number of halogens is 1. The first-order valence-corrected chi connectivity index (χ1v) is 8.66. The van der Waals surface area contributed by atoms with Gasteiger partial charge < -0.3 is 10.4 Å². The number of aromatic hydroxyl groups is 1. The highest BCUT2D eigenvalue weighted by Crippen LogP contribution is 2.21. The lowest BCUT2D eigenvalue weighted by atomic mass is 10.1.